The molecule has 1 aromatic heterocycles. The van der Waals surface area contributed by atoms with Gasteiger partial charge in [0.1, 0.15) is 0 Å². The van der Waals surface area contributed by atoms with Crippen LogP contribution in [-0.4, -0.2) is 4.57 Å². The summed E-state index contributed by atoms with van der Waals surface area (Å²) in [4.78, 5) is 0. The van der Waals surface area contributed by atoms with Crippen LogP contribution >= 0.6 is 0 Å². The van der Waals surface area contributed by atoms with Crippen molar-refractivity contribution in [2.75, 3.05) is 0 Å². The average Bonchev–Trinajstić information content (AvgIpc) is 3.61. The summed E-state index contributed by atoms with van der Waals surface area (Å²) < 4.78 is 2.42. The Labute approximate surface area is 322 Å². The summed E-state index contributed by atoms with van der Waals surface area (Å²) in [5.41, 5.74) is 17.9. The molecule has 0 amide bonds. The monoisotopic (exact) mass is 699 g/mol. The molecule has 1 heterocycles. The fourth-order valence-electron chi connectivity index (χ4n) is 8.11. The van der Waals surface area contributed by atoms with Gasteiger partial charge in [0.25, 0.3) is 0 Å². The molecule has 0 atom stereocenters. The van der Waals surface area contributed by atoms with Crippen LogP contribution in [0.2, 0.25) is 0 Å². The summed E-state index contributed by atoms with van der Waals surface area (Å²) in [5.74, 6) is 0. The van der Waals surface area contributed by atoms with E-state index >= 15 is 0 Å². The third-order valence-corrected chi connectivity index (χ3v) is 10.7. The highest BCUT2D eigenvalue weighted by atomic mass is 15.0. The van der Waals surface area contributed by atoms with E-state index in [0.717, 1.165) is 5.69 Å². The Morgan fingerprint density at radius 1 is 0.236 bits per heavy atom. The maximum atomic E-state index is 2.42. The van der Waals surface area contributed by atoms with Gasteiger partial charge in [0, 0.05) is 16.5 Å². The molecule has 10 rings (SSSR count). The van der Waals surface area contributed by atoms with E-state index in [1.54, 1.807) is 0 Å². The third-order valence-electron chi connectivity index (χ3n) is 10.7. The lowest BCUT2D eigenvalue weighted by molar-refractivity contribution is 1.18. The molecule has 0 spiro atoms. The Hall–Kier alpha value is -7.22. The molecule has 0 aliphatic rings. The Kier molecular flexibility index (Phi) is 8.24. The Balaban J connectivity index is 1.24. The fourth-order valence-corrected chi connectivity index (χ4v) is 8.11. The van der Waals surface area contributed by atoms with E-state index in [9.17, 15) is 0 Å². The smallest absolute Gasteiger partial charge is 0.0547 e. The van der Waals surface area contributed by atoms with Crippen LogP contribution in [0.15, 0.2) is 224 Å². The molecule has 0 fully saturated rings. The van der Waals surface area contributed by atoms with Gasteiger partial charge in [-0.2, -0.15) is 0 Å². The van der Waals surface area contributed by atoms with Crippen molar-refractivity contribution in [1.82, 2.24) is 4.57 Å². The maximum absolute atomic E-state index is 2.42. The lowest BCUT2D eigenvalue weighted by Crippen LogP contribution is -1.93. The van der Waals surface area contributed by atoms with Crippen molar-refractivity contribution in [2.45, 2.75) is 0 Å². The minimum absolute atomic E-state index is 1.15. The van der Waals surface area contributed by atoms with Gasteiger partial charge in [-0.15, -0.1) is 0 Å². The summed E-state index contributed by atoms with van der Waals surface area (Å²) in [5, 5.41) is 2.47. The molecule has 0 unspecified atom stereocenters. The molecule has 0 saturated heterocycles. The molecule has 0 saturated carbocycles. The Morgan fingerprint density at radius 3 is 1.09 bits per heavy atom. The van der Waals surface area contributed by atoms with Crippen LogP contribution in [0.4, 0.5) is 0 Å². The van der Waals surface area contributed by atoms with Crippen LogP contribution in [0, 0.1) is 0 Å². The molecule has 0 radical (unpaired) electrons. The van der Waals surface area contributed by atoms with E-state index < -0.39 is 0 Å². The van der Waals surface area contributed by atoms with Gasteiger partial charge in [-0.1, -0.05) is 158 Å². The number of fused-ring (bicyclic) bond motifs is 3. The van der Waals surface area contributed by atoms with Crippen LogP contribution in [0.5, 0.6) is 0 Å². The first-order chi connectivity index (χ1) is 27.3. The van der Waals surface area contributed by atoms with Crippen molar-refractivity contribution < 1.29 is 0 Å². The van der Waals surface area contributed by atoms with E-state index in [1.165, 1.54) is 88.6 Å². The number of para-hydroxylation sites is 1. The topological polar surface area (TPSA) is 4.93 Å². The Morgan fingerprint density at radius 2 is 0.636 bits per heavy atom. The van der Waals surface area contributed by atoms with Gasteiger partial charge >= 0.3 is 0 Å². The number of hydrogen-bond acceptors (Lipinski definition) is 0. The van der Waals surface area contributed by atoms with Gasteiger partial charge in [0.05, 0.1) is 11.0 Å². The fraction of sp³-hybridized carbons (Fsp3) is 0. The van der Waals surface area contributed by atoms with Crippen LogP contribution in [-0.2, 0) is 0 Å². The van der Waals surface area contributed by atoms with Crippen LogP contribution in [0.3, 0.4) is 0 Å². The predicted molar refractivity (Wildman–Crippen MR) is 233 cm³/mol. The second-order valence-corrected chi connectivity index (χ2v) is 14.2. The number of benzene rings is 9. The highest BCUT2D eigenvalue weighted by Gasteiger charge is 2.19. The highest BCUT2D eigenvalue weighted by molar-refractivity contribution is 6.17. The quantitative estimate of drug-likeness (QED) is 0.156. The molecule has 1 heteroatoms. The molecule has 0 aliphatic carbocycles. The minimum Gasteiger partial charge on any atom is -0.309 e. The zero-order valence-electron chi connectivity index (χ0n) is 30.3. The number of rotatable bonds is 7. The van der Waals surface area contributed by atoms with E-state index in [1.807, 2.05) is 0 Å². The summed E-state index contributed by atoms with van der Waals surface area (Å²) in [6.07, 6.45) is 0. The first-order valence-corrected chi connectivity index (χ1v) is 18.9. The van der Waals surface area contributed by atoms with E-state index in [2.05, 4.69) is 229 Å². The standard InChI is InChI=1S/C54H37N/c1-6-17-38(18-7-1)43-31-44(39-19-8-2-9-20-39)34-47(33-43)42-29-30-52-51(37-42)54-50(27-16-28-53(54)55(52)49-25-14-5-15-26-49)48-35-45(40-21-10-3-11-22-40)32-46(36-48)41-23-12-4-13-24-41/h1-37H. The number of aromatic nitrogens is 1. The molecule has 1 nitrogen and oxygen atoms in total. The lowest BCUT2D eigenvalue weighted by atomic mass is 9.90. The maximum Gasteiger partial charge on any atom is 0.0547 e. The second-order valence-electron chi connectivity index (χ2n) is 14.2. The summed E-state index contributed by atoms with van der Waals surface area (Å²) in [7, 11) is 0. The van der Waals surface area contributed by atoms with Gasteiger partial charge in [0.15, 0.2) is 0 Å². The predicted octanol–water partition coefficient (Wildman–Crippen LogP) is 14.8. The van der Waals surface area contributed by atoms with Crippen molar-refractivity contribution in [3.63, 3.8) is 0 Å². The molecule has 258 valence electrons. The van der Waals surface area contributed by atoms with Crippen molar-refractivity contribution in [2.24, 2.45) is 0 Å². The van der Waals surface area contributed by atoms with Crippen LogP contribution < -0.4 is 0 Å². The van der Waals surface area contributed by atoms with Crippen LogP contribution in [0.25, 0.3) is 94.3 Å². The molecular formula is C54H37N. The summed E-state index contributed by atoms with van der Waals surface area (Å²) in [6, 6.07) is 81.5. The normalized spacial score (nSPS) is 11.3. The van der Waals surface area contributed by atoms with Gasteiger partial charge < -0.3 is 4.57 Å². The third kappa shape index (κ3) is 6.12. The lowest BCUT2D eigenvalue weighted by Gasteiger charge is -2.13. The van der Waals surface area contributed by atoms with Gasteiger partial charge in [-0.25, -0.2) is 0 Å². The van der Waals surface area contributed by atoms with Crippen molar-refractivity contribution in [3.8, 4) is 72.4 Å². The first kappa shape index (κ1) is 32.4. The molecule has 0 aliphatic heterocycles. The molecular weight excluding hydrogens is 663 g/mol. The van der Waals surface area contributed by atoms with Gasteiger partial charge in [-0.05, 0) is 133 Å². The Bertz CT molecular complexity index is 2810. The average molecular weight is 700 g/mol. The van der Waals surface area contributed by atoms with E-state index in [0.29, 0.717) is 0 Å². The highest BCUT2D eigenvalue weighted by Crippen LogP contribution is 2.43. The molecule has 9 aromatic carbocycles. The van der Waals surface area contributed by atoms with Crippen LogP contribution in [0.1, 0.15) is 0 Å². The summed E-state index contributed by atoms with van der Waals surface area (Å²) in [6.45, 7) is 0. The van der Waals surface area contributed by atoms with Crippen molar-refractivity contribution >= 4 is 21.8 Å². The largest absolute Gasteiger partial charge is 0.309 e. The van der Waals surface area contributed by atoms with Gasteiger partial charge in [0.2, 0.25) is 0 Å². The van der Waals surface area contributed by atoms with E-state index in [-0.39, 0.29) is 0 Å². The number of nitrogens with zero attached hydrogens (tertiary/aromatic N) is 1. The van der Waals surface area contributed by atoms with Crippen molar-refractivity contribution in [3.05, 3.63) is 224 Å². The molecule has 55 heavy (non-hydrogen) atoms. The molecule has 10 aromatic rings. The second kappa shape index (κ2) is 14.0. The molecule has 0 N–H and O–H groups in total. The first-order valence-electron chi connectivity index (χ1n) is 18.9. The van der Waals surface area contributed by atoms with Crippen molar-refractivity contribution in [1.29, 1.82) is 0 Å². The zero-order chi connectivity index (χ0) is 36.6. The summed E-state index contributed by atoms with van der Waals surface area (Å²) >= 11 is 0. The molecule has 0 bridgehead atoms. The SMILES string of the molecule is c1ccc(-c2cc(-c3ccccc3)cc(-c3ccc4c(c3)c3c(-c5cc(-c6ccccc6)cc(-c6ccccc6)c5)cccc3n4-c3ccccc3)c2)cc1. The number of hydrogen-bond donors (Lipinski definition) is 0. The van der Waals surface area contributed by atoms with Gasteiger partial charge in [-0.3, -0.25) is 0 Å². The minimum atomic E-state index is 1.15. The van der Waals surface area contributed by atoms with E-state index in [4.69, 9.17) is 0 Å². The zero-order valence-corrected chi connectivity index (χ0v) is 30.3.